The third kappa shape index (κ3) is 2.54. The maximum Gasteiger partial charge on any atom is 0.108 e. The minimum absolute atomic E-state index is 0.0480. The van der Waals surface area contributed by atoms with Gasteiger partial charge in [-0.25, -0.2) is 4.98 Å². The van der Waals surface area contributed by atoms with Crippen LogP contribution in [-0.2, 0) is 11.3 Å². The summed E-state index contributed by atoms with van der Waals surface area (Å²) in [5, 5.41) is 10.3. The summed E-state index contributed by atoms with van der Waals surface area (Å²) in [5.41, 5.74) is 1.07. The van der Waals surface area contributed by atoms with Crippen molar-refractivity contribution in [3.05, 3.63) is 29.3 Å². The number of aromatic nitrogens is 1. The Morgan fingerprint density at radius 2 is 2.33 bits per heavy atom. The van der Waals surface area contributed by atoms with Gasteiger partial charge in [-0.15, -0.1) is 11.3 Å². The lowest BCUT2D eigenvalue weighted by Crippen LogP contribution is -2.43. The van der Waals surface area contributed by atoms with E-state index in [2.05, 4.69) is 16.0 Å². The van der Waals surface area contributed by atoms with E-state index in [4.69, 9.17) is 9.84 Å². The van der Waals surface area contributed by atoms with Gasteiger partial charge in [0.25, 0.3) is 0 Å². The van der Waals surface area contributed by atoms with E-state index in [1.54, 1.807) is 11.3 Å². The highest BCUT2D eigenvalue weighted by Crippen LogP contribution is 2.23. The normalized spacial score (nSPS) is 21.5. The number of hydrogen-bond donors (Lipinski definition) is 1. The molecule has 1 atom stereocenters. The van der Waals surface area contributed by atoms with E-state index in [9.17, 15) is 0 Å². The SMILES string of the molecule is OCC1CN(Cc2nc3ccccc3s2)CCO1. The monoisotopic (exact) mass is 264 g/mol. The lowest BCUT2D eigenvalue weighted by atomic mass is 10.3. The van der Waals surface area contributed by atoms with Crippen LogP contribution in [0.15, 0.2) is 24.3 Å². The lowest BCUT2D eigenvalue weighted by molar-refractivity contribution is -0.0550. The van der Waals surface area contributed by atoms with Crippen LogP contribution in [0.3, 0.4) is 0 Å². The molecule has 0 radical (unpaired) electrons. The molecular formula is C13H16N2O2S. The number of rotatable bonds is 3. The molecule has 5 heteroatoms. The van der Waals surface area contributed by atoms with Gasteiger partial charge in [-0.1, -0.05) is 12.1 Å². The van der Waals surface area contributed by atoms with Crippen LogP contribution in [0.2, 0.25) is 0 Å². The van der Waals surface area contributed by atoms with Crippen molar-refractivity contribution in [2.75, 3.05) is 26.3 Å². The highest BCUT2D eigenvalue weighted by molar-refractivity contribution is 7.18. The van der Waals surface area contributed by atoms with Crippen LogP contribution in [0.4, 0.5) is 0 Å². The zero-order valence-corrected chi connectivity index (χ0v) is 10.9. The molecule has 1 unspecified atom stereocenters. The zero-order chi connectivity index (χ0) is 12.4. The minimum Gasteiger partial charge on any atom is -0.394 e. The number of nitrogens with zero attached hydrogens (tertiary/aromatic N) is 2. The highest BCUT2D eigenvalue weighted by atomic mass is 32.1. The molecule has 18 heavy (non-hydrogen) atoms. The first-order chi connectivity index (χ1) is 8.85. The fourth-order valence-electron chi connectivity index (χ4n) is 2.21. The van der Waals surface area contributed by atoms with Gasteiger partial charge < -0.3 is 9.84 Å². The van der Waals surface area contributed by atoms with Gasteiger partial charge in [0.05, 0.1) is 36.1 Å². The molecule has 1 aliphatic rings. The van der Waals surface area contributed by atoms with Crippen LogP contribution < -0.4 is 0 Å². The van der Waals surface area contributed by atoms with E-state index in [0.717, 1.165) is 30.2 Å². The summed E-state index contributed by atoms with van der Waals surface area (Å²) in [6.07, 6.45) is -0.0480. The first-order valence-electron chi connectivity index (χ1n) is 6.14. The number of thiazole rings is 1. The van der Waals surface area contributed by atoms with Gasteiger partial charge in [-0.2, -0.15) is 0 Å². The fourth-order valence-corrected chi connectivity index (χ4v) is 3.22. The molecule has 4 nitrogen and oxygen atoms in total. The van der Waals surface area contributed by atoms with Crippen molar-refractivity contribution in [2.24, 2.45) is 0 Å². The number of ether oxygens (including phenoxy) is 1. The smallest absolute Gasteiger partial charge is 0.108 e. The fraction of sp³-hybridized carbons (Fsp3) is 0.462. The largest absolute Gasteiger partial charge is 0.394 e. The molecule has 1 aliphatic heterocycles. The summed E-state index contributed by atoms with van der Waals surface area (Å²) in [5.74, 6) is 0. The Balaban J connectivity index is 1.71. The minimum atomic E-state index is -0.0480. The summed E-state index contributed by atoms with van der Waals surface area (Å²) < 4.78 is 6.68. The predicted molar refractivity (Wildman–Crippen MR) is 71.7 cm³/mol. The molecule has 0 bridgehead atoms. The van der Waals surface area contributed by atoms with Crippen LogP contribution in [-0.4, -0.2) is 47.4 Å². The van der Waals surface area contributed by atoms with Crippen LogP contribution in [0, 0.1) is 0 Å². The molecule has 1 aromatic heterocycles. The molecule has 2 aromatic rings. The summed E-state index contributed by atoms with van der Waals surface area (Å²) in [7, 11) is 0. The van der Waals surface area contributed by atoms with Gasteiger partial charge >= 0.3 is 0 Å². The quantitative estimate of drug-likeness (QED) is 0.912. The standard InChI is InChI=1S/C13H16N2O2S/c16-9-10-7-15(5-6-17-10)8-13-14-11-3-1-2-4-12(11)18-13/h1-4,10,16H,5-9H2. The van der Waals surface area contributed by atoms with Crippen molar-refractivity contribution in [3.63, 3.8) is 0 Å². The maximum absolute atomic E-state index is 9.12. The summed E-state index contributed by atoms with van der Waals surface area (Å²) in [6.45, 7) is 3.32. The number of morpholine rings is 1. The van der Waals surface area contributed by atoms with Gasteiger partial charge in [0, 0.05) is 13.1 Å². The molecule has 96 valence electrons. The molecule has 0 spiro atoms. The highest BCUT2D eigenvalue weighted by Gasteiger charge is 2.20. The van der Waals surface area contributed by atoms with Crippen LogP contribution in [0.1, 0.15) is 5.01 Å². The van der Waals surface area contributed by atoms with Gasteiger partial charge in [-0.05, 0) is 12.1 Å². The molecule has 0 saturated carbocycles. The number of hydrogen-bond acceptors (Lipinski definition) is 5. The van der Waals surface area contributed by atoms with Crippen LogP contribution in [0.25, 0.3) is 10.2 Å². The maximum atomic E-state index is 9.12. The summed E-state index contributed by atoms with van der Waals surface area (Å²) >= 11 is 1.74. The van der Waals surface area contributed by atoms with Gasteiger partial charge in [-0.3, -0.25) is 4.90 Å². The second-order valence-electron chi connectivity index (χ2n) is 4.49. The molecule has 0 aliphatic carbocycles. The molecule has 1 saturated heterocycles. The van der Waals surface area contributed by atoms with E-state index in [1.807, 2.05) is 18.2 Å². The van der Waals surface area contributed by atoms with Gasteiger partial charge in [0.2, 0.25) is 0 Å². The van der Waals surface area contributed by atoms with E-state index in [0.29, 0.717) is 6.61 Å². The Hall–Kier alpha value is -1.01. The van der Waals surface area contributed by atoms with Crippen molar-refractivity contribution in [2.45, 2.75) is 12.6 Å². The molecule has 1 aromatic carbocycles. The van der Waals surface area contributed by atoms with Gasteiger partial charge in [0.15, 0.2) is 0 Å². The average Bonchev–Trinajstić information content (AvgIpc) is 2.81. The number of para-hydroxylation sites is 1. The summed E-state index contributed by atoms with van der Waals surface area (Å²) in [6, 6.07) is 8.21. The van der Waals surface area contributed by atoms with Crippen LogP contribution in [0.5, 0.6) is 0 Å². The first-order valence-corrected chi connectivity index (χ1v) is 6.96. The third-order valence-corrected chi connectivity index (χ3v) is 4.14. The second kappa shape index (κ2) is 5.32. The first kappa shape index (κ1) is 12.0. The molecule has 2 heterocycles. The number of benzene rings is 1. The van der Waals surface area contributed by atoms with E-state index in [-0.39, 0.29) is 12.7 Å². The van der Waals surface area contributed by atoms with Crippen molar-refractivity contribution in [3.8, 4) is 0 Å². The summed E-state index contributed by atoms with van der Waals surface area (Å²) in [4.78, 5) is 6.92. The van der Waals surface area contributed by atoms with Crippen LogP contribution >= 0.6 is 11.3 Å². The van der Waals surface area contributed by atoms with Crippen molar-refractivity contribution < 1.29 is 9.84 Å². The molecule has 1 N–H and O–H groups in total. The van der Waals surface area contributed by atoms with E-state index >= 15 is 0 Å². The predicted octanol–water partition coefficient (Wildman–Crippen LogP) is 1.49. The molecule has 1 fully saturated rings. The number of aliphatic hydroxyl groups is 1. The van der Waals surface area contributed by atoms with E-state index < -0.39 is 0 Å². The van der Waals surface area contributed by atoms with Crippen molar-refractivity contribution >= 4 is 21.6 Å². The Kier molecular flexibility index (Phi) is 3.56. The number of aliphatic hydroxyl groups excluding tert-OH is 1. The second-order valence-corrected chi connectivity index (χ2v) is 5.60. The average molecular weight is 264 g/mol. The Morgan fingerprint density at radius 1 is 1.44 bits per heavy atom. The lowest BCUT2D eigenvalue weighted by Gasteiger charge is -2.31. The van der Waals surface area contributed by atoms with Crippen molar-refractivity contribution in [1.82, 2.24) is 9.88 Å². The Labute approximate surface area is 110 Å². The Bertz CT molecular complexity index is 495. The zero-order valence-electron chi connectivity index (χ0n) is 10.1. The van der Waals surface area contributed by atoms with E-state index in [1.165, 1.54) is 4.70 Å². The number of fused-ring (bicyclic) bond motifs is 1. The third-order valence-electron chi connectivity index (χ3n) is 3.12. The topological polar surface area (TPSA) is 45.6 Å². The Morgan fingerprint density at radius 3 is 3.17 bits per heavy atom. The molecular weight excluding hydrogens is 248 g/mol. The van der Waals surface area contributed by atoms with Crippen molar-refractivity contribution in [1.29, 1.82) is 0 Å². The van der Waals surface area contributed by atoms with Gasteiger partial charge in [0.1, 0.15) is 5.01 Å². The molecule has 0 amide bonds. The molecule has 3 rings (SSSR count).